The van der Waals surface area contributed by atoms with Crippen molar-refractivity contribution in [2.75, 3.05) is 6.61 Å². The number of carbonyl (C=O) groups is 1. The van der Waals surface area contributed by atoms with E-state index in [0.717, 1.165) is 9.13 Å². The number of aryl methyl sites for hydroxylation is 1. The summed E-state index contributed by atoms with van der Waals surface area (Å²) in [7, 11) is 0. The minimum Gasteiger partial charge on any atom is -0.460 e. The van der Waals surface area contributed by atoms with Crippen LogP contribution in [0.5, 0.6) is 0 Å². The Morgan fingerprint density at radius 1 is 1.39 bits per heavy atom. The zero-order chi connectivity index (χ0) is 13.1. The highest BCUT2D eigenvalue weighted by atomic mass is 127. The standard InChI is InChI=1S/C13H12INO3/c1-3-17-13(16)12-11(15-8(2)18-12)9-4-6-10(14)7-5-9/h4-7H,3H2,1-2H3. The van der Waals surface area contributed by atoms with Gasteiger partial charge >= 0.3 is 5.97 Å². The molecule has 0 spiro atoms. The van der Waals surface area contributed by atoms with Crippen LogP contribution in [0, 0.1) is 10.5 Å². The highest BCUT2D eigenvalue weighted by molar-refractivity contribution is 14.1. The van der Waals surface area contributed by atoms with Gasteiger partial charge < -0.3 is 9.15 Å². The first-order valence-corrected chi connectivity index (χ1v) is 6.60. The highest BCUT2D eigenvalue weighted by Gasteiger charge is 2.21. The molecule has 0 aliphatic carbocycles. The third-order valence-electron chi connectivity index (χ3n) is 2.31. The minimum atomic E-state index is -0.480. The largest absolute Gasteiger partial charge is 0.460 e. The molecule has 2 aromatic rings. The van der Waals surface area contributed by atoms with E-state index in [0.29, 0.717) is 18.2 Å². The molecule has 0 saturated heterocycles. The van der Waals surface area contributed by atoms with Gasteiger partial charge in [0.2, 0.25) is 5.76 Å². The van der Waals surface area contributed by atoms with E-state index in [1.807, 2.05) is 24.3 Å². The lowest BCUT2D eigenvalue weighted by Crippen LogP contribution is -2.04. The smallest absolute Gasteiger partial charge is 0.376 e. The van der Waals surface area contributed by atoms with Crippen molar-refractivity contribution in [2.45, 2.75) is 13.8 Å². The van der Waals surface area contributed by atoms with E-state index in [1.165, 1.54) is 0 Å². The fourth-order valence-corrected chi connectivity index (χ4v) is 1.93. The first-order valence-electron chi connectivity index (χ1n) is 5.52. The summed E-state index contributed by atoms with van der Waals surface area (Å²) < 4.78 is 11.4. The quantitative estimate of drug-likeness (QED) is 0.624. The van der Waals surface area contributed by atoms with Gasteiger partial charge in [-0.25, -0.2) is 9.78 Å². The lowest BCUT2D eigenvalue weighted by atomic mass is 10.1. The van der Waals surface area contributed by atoms with Crippen molar-refractivity contribution in [1.82, 2.24) is 4.98 Å². The van der Waals surface area contributed by atoms with E-state index < -0.39 is 5.97 Å². The Bertz CT molecular complexity index is 560. The van der Waals surface area contributed by atoms with Gasteiger partial charge in [-0.15, -0.1) is 0 Å². The molecule has 0 radical (unpaired) electrons. The lowest BCUT2D eigenvalue weighted by molar-refractivity contribution is 0.0490. The third kappa shape index (κ3) is 2.72. The molecule has 0 unspecified atom stereocenters. The zero-order valence-corrected chi connectivity index (χ0v) is 12.2. The molecule has 0 N–H and O–H groups in total. The number of nitrogens with zero attached hydrogens (tertiary/aromatic N) is 1. The summed E-state index contributed by atoms with van der Waals surface area (Å²) in [4.78, 5) is 16.0. The lowest BCUT2D eigenvalue weighted by Gasteiger charge is -2.01. The molecule has 18 heavy (non-hydrogen) atoms. The molecule has 0 fully saturated rings. The summed E-state index contributed by atoms with van der Waals surface area (Å²) >= 11 is 2.22. The van der Waals surface area contributed by atoms with Crippen LogP contribution in [0.15, 0.2) is 28.7 Å². The van der Waals surface area contributed by atoms with Crippen LogP contribution in [0.3, 0.4) is 0 Å². The number of carbonyl (C=O) groups excluding carboxylic acids is 1. The van der Waals surface area contributed by atoms with Crippen LogP contribution in [-0.2, 0) is 4.74 Å². The number of aromatic nitrogens is 1. The molecule has 4 nitrogen and oxygen atoms in total. The molecule has 0 saturated carbocycles. The van der Waals surface area contributed by atoms with Crippen LogP contribution in [0.2, 0.25) is 0 Å². The number of ether oxygens (including phenoxy) is 1. The maximum Gasteiger partial charge on any atom is 0.376 e. The maximum atomic E-state index is 11.8. The Morgan fingerprint density at radius 3 is 2.67 bits per heavy atom. The van der Waals surface area contributed by atoms with Crippen molar-refractivity contribution in [1.29, 1.82) is 0 Å². The second-order valence-electron chi connectivity index (χ2n) is 3.64. The zero-order valence-electron chi connectivity index (χ0n) is 10.1. The Kier molecular flexibility index (Phi) is 4.00. The van der Waals surface area contributed by atoms with Gasteiger partial charge in [0.1, 0.15) is 5.69 Å². The molecule has 1 heterocycles. The van der Waals surface area contributed by atoms with E-state index in [-0.39, 0.29) is 5.76 Å². The summed E-state index contributed by atoms with van der Waals surface area (Å²) in [6.07, 6.45) is 0. The van der Waals surface area contributed by atoms with E-state index in [1.54, 1.807) is 13.8 Å². The Hall–Kier alpha value is -1.37. The second-order valence-corrected chi connectivity index (χ2v) is 4.88. The summed E-state index contributed by atoms with van der Waals surface area (Å²) in [5.74, 6) is 0.133. The molecule has 5 heteroatoms. The van der Waals surface area contributed by atoms with Crippen molar-refractivity contribution in [2.24, 2.45) is 0 Å². The molecular weight excluding hydrogens is 345 g/mol. The number of hydrogen-bond donors (Lipinski definition) is 0. The van der Waals surface area contributed by atoms with Crippen molar-refractivity contribution in [3.05, 3.63) is 39.5 Å². The predicted molar refractivity (Wildman–Crippen MR) is 75.3 cm³/mol. The van der Waals surface area contributed by atoms with Gasteiger partial charge in [-0.3, -0.25) is 0 Å². The number of esters is 1. The number of halogens is 1. The molecule has 0 atom stereocenters. The molecule has 0 aliphatic rings. The SMILES string of the molecule is CCOC(=O)c1oc(C)nc1-c1ccc(I)cc1. The molecule has 0 amide bonds. The number of benzene rings is 1. The van der Waals surface area contributed by atoms with Gasteiger partial charge in [0.25, 0.3) is 0 Å². The average molecular weight is 357 g/mol. The van der Waals surface area contributed by atoms with Gasteiger partial charge in [0.05, 0.1) is 6.61 Å². The Labute approximate surface area is 118 Å². The van der Waals surface area contributed by atoms with Crippen molar-refractivity contribution in [3.8, 4) is 11.3 Å². The van der Waals surface area contributed by atoms with E-state index >= 15 is 0 Å². The van der Waals surface area contributed by atoms with Crippen molar-refractivity contribution >= 4 is 28.6 Å². The summed E-state index contributed by atoms with van der Waals surface area (Å²) in [5.41, 5.74) is 1.37. The highest BCUT2D eigenvalue weighted by Crippen LogP contribution is 2.25. The third-order valence-corrected chi connectivity index (χ3v) is 3.03. The van der Waals surface area contributed by atoms with E-state index in [9.17, 15) is 4.79 Å². The first kappa shape index (κ1) is 13.1. The van der Waals surface area contributed by atoms with Crippen LogP contribution in [0.4, 0.5) is 0 Å². The number of rotatable bonds is 3. The summed E-state index contributed by atoms with van der Waals surface area (Å²) in [5, 5.41) is 0. The van der Waals surface area contributed by atoms with Gasteiger partial charge in [-0.1, -0.05) is 12.1 Å². The van der Waals surface area contributed by atoms with E-state index in [4.69, 9.17) is 9.15 Å². The molecule has 1 aromatic carbocycles. The van der Waals surface area contributed by atoms with Crippen molar-refractivity contribution in [3.63, 3.8) is 0 Å². The van der Waals surface area contributed by atoms with Crippen LogP contribution in [0.25, 0.3) is 11.3 Å². The summed E-state index contributed by atoms with van der Waals surface area (Å²) in [6, 6.07) is 7.72. The second kappa shape index (κ2) is 5.51. The van der Waals surface area contributed by atoms with Crippen LogP contribution < -0.4 is 0 Å². The number of oxazole rings is 1. The molecule has 2 rings (SSSR count). The molecular formula is C13H12INO3. The number of hydrogen-bond acceptors (Lipinski definition) is 4. The Morgan fingerprint density at radius 2 is 2.06 bits per heavy atom. The van der Waals surface area contributed by atoms with Gasteiger partial charge in [0, 0.05) is 16.1 Å². The van der Waals surface area contributed by atoms with Gasteiger partial charge in [-0.05, 0) is 41.6 Å². The minimum absolute atomic E-state index is 0.163. The molecule has 0 bridgehead atoms. The van der Waals surface area contributed by atoms with Gasteiger partial charge in [-0.2, -0.15) is 0 Å². The van der Waals surface area contributed by atoms with Crippen LogP contribution in [-0.4, -0.2) is 17.6 Å². The van der Waals surface area contributed by atoms with Gasteiger partial charge in [0.15, 0.2) is 5.89 Å². The molecule has 94 valence electrons. The first-order chi connectivity index (χ1) is 8.61. The van der Waals surface area contributed by atoms with Crippen LogP contribution >= 0.6 is 22.6 Å². The normalized spacial score (nSPS) is 10.4. The molecule has 1 aromatic heterocycles. The fourth-order valence-electron chi connectivity index (χ4n) is 1.57. The van der Waals surface area contributed by atoms with Crippen molar-refractivity contribution < 1.29 is 13.9 Å². The predicted octanol–water partition coefficient (Wildman–Crippen LogP) is 3.43. The topological polar surface area (TPSA) is 52.3 Å². The van der Waals surface area contributed by atoms with Crippen LogP contribution in [0.1, 0.15) is 23.4 Å². The summed E-state index contributed by atoms with van der Waals surface area (Å²) in [6.45, 7) is 3.77. The molecule has 0 aliphatic heterocycles. The van der Waals surface area contributed by atoms with E-state index in [2.05, 4.69) is 27.6 Å². The monoisotopic (exact) mass is 357 g/mol. The fraction of sp³-hybridized carbons (Fsp3) is 0.231. The Balaban J connectivity index is 2.44. The average Bonchev–Trinajstić information content (AvgIpc) is 2.73. The maximum absolute atomic E-state index is 11.8.